The molecule has 1 aromatic carbocycles. The van der Waals surface area contributed by atoms with E-state index in [9.17, 15) is 4.79 Å². The van der Waals surface area contributed by atoms with Crippen LogP contribution in [0, 0.1) is 0 Å². The van der Waals surface area contributed by atoms with E-state index in [4.69, 9.17) is 5.11 Å². The maximum atomic E-state index is 11.5. The van der Waals surface area contributed by atoms with E-state index in [2.05, 4.69) is 6.58 Å². The number of rotatable bonds is 2. The van der Waals surface area contributed by atoms with E-state index in [1.165, 1.54) is 4.90 Å². The lowest BCUT2D eigenvalue weighted by molar-refractivity contribution is 0.0827. The van der Waals surface area contributed by atoms with Crippen molar-refractivity contribution in [2.45, 2.75) is 0 Å². The smallest absolute Gasteiger partial charge is 0.253 e. The van der Waals surface area contributed by atoms with Crippen LogP contribution in [-0.2, 0) is 0 Å². The maximum Gasteiger partial charge on any atom is 0.253 e. The Morgan fingerprint density at radius 1 is 1.21 bits per heavy atom. The van der Waals surface area contributed by atoms with Crippen molar-refractivity contribution in [3.63, 3.8) is 0 Å². The lowest BCUT2D eigenvalue weighted by atomic mass is 10.1. The summed E-state index contributed by atoms with van der Waals surface area (Å²) in [7, 11) is 3.39. The zero-order chi connectivity index (χ0) is 10.7. The van der Waals surface area contributed by atoms with Crippen LogP contribution < -0.4 is 0 Å². The second-order valence-electron chi connectivity index (χ2n) is 3.22. The summed E-state index contributed by atoms with van der Waals surface area (Å²) in [5.41, 5.74) is 1.22. The molecule has 1 amide bonds. The predicted octanol–water partition coefficient (Wildman–Crippen LogP) is 1.92. The topological polar surface area (TPSA) is 40.5 Å². The minimum atomic E-state index is -0.0555. The van der Waals surface area contributed by atoms with E-state index in [0.29, 0.717) is 11.1 Å². The number of carbonyl (C=O) groups is 1. The first-order valence-electron chi connectivity index (χ1n) is 4.22. The van der Waals surface area contributed by atoms with E-state index >= 15 is 0 Å². The summed E-state index contributed by atoms with van der Waals surface area (Å²) in [6, 6.07) is 6.66. The molecule has 0 aromatic heterocycles. The van der Waals surface area contributed by atoms with Crippen molar-refractivity contribution in [2.75, 3.05) is 14.1 Å². The molecule has 0 atom stereocenters. The van der Waals surface area contributed by atoms with Crippen molar-refractivity contribution in [3.05, 3.63) is 42.0 Å². The molecule has 14 heavy (non-hydrogen) atoms. The van der Waals surface area contributed by atoms with Gasteiger partial charge in [-0.2, -0.15) is 0 Å². The highest BCUT2D eigenvalue weighted by molar-refractivity contribution is 5.94. The van der Waals surface area contributed by atoms with Gasteiger partial charge in [0.25, 0.3) is 5.91 Å². The summed E-state index contributed by atoms with van der Waals surface area (Å²) >= 11 is 0. The van der Waals surface area contributed by atoms with E-state index in [1.807, 2.05) is 0 Å². The second kappa shape index (κ2) is 3.96. The van der Waals surface area contributed by atoms with Gasteiger partial charge in [0.2, 0.25) is 0 Å². The van der Waals surface area contributed by atoms with Crippen LogP contribution in [0.4, 0.5) is 0 Å². The third-order valence-electron chi connectivity index (χ3n) is 1.87. The number of amides is 1. The van der Waals surface area contributed by atoms with Crippen molar-refractivity contribution >= 4 is 11.7 Å². The normalized spacial score (nSPS) is 9.57. The Kier molecular flexibility index (Phi) is 2.92. The molecule has 0 radical (unpaired) electrons. The van der Waals surface area contributed by atoms with Crippen molar-refractivity contribution in [3.8, 4) is 0 Å². The van der Waals surface area contributed by atoms with Gasteiger partial charge < -0.3 is 10.0 Å². The van der Waals surface area contributed by atoms with Crippen LogP contribution in [0.25, 0.3) is 5.76 Å². The quantitative estimate of drug-likeness (QED) is 0.725. The van der Waals surface area contributed by atoms with Gasteiger partial charge in [-0.05, 0) is 12.1 Å². The molecule has 1 aromatic rings. The lowest BCUT2D eigenvalue weighted by Gasteiger charge is -2.10. The fourth-order valence-corrected chi connectivity index (χ4v) is 1.06. The van der Waals surface area contributed by atoms with Crippen molar-refractivity contribution < 1.29 is 9.90 Å². The molecular formula is C11H13NO2. The van der Waals surface area contributed by atoms with Gasteiger partial charge in [0, 0.05) is 25.2 Å². The molecule has 0 saturated carbocycles. The Morgan fingerprint density at radius 3 is 2.00 bits per heavy atom. The second-order valence-corrected chi connectivity index (χ2v) is 3.22. The highest BCUT2D eigenvalue weighted by atomic mass is 16.3. The molecule has 0 bridgehead atoms. The number of benzene rings is 1. The van der Waals surface area contributed by atoms with Gasteiger partial charge >= 0.3 is 0 Å². The maximum absolute atomic E-state index is 11.5. The van der Waals surface area contributed by atoms with Crippen LogP contribution in [0.2, 0.25) is 0 Å². The van der Waals surface area contributed by atoms with Gasteiger partial charge in [0.05, 0.1) is 0 Å². The number of hydrogen-bond donors (Lipinski definition) is 1. The molecule has 0 spiro atoms. The number of aliphatic hydroxyl groups is 1. The first-order chi connectivity index (χ1) is 6.52. The highest BCUT2D eigenvalue weighted by Crippen LogP contribution is 2.11. The van der Waals surface area contributed by atoms with Crippen LogP contribution in [-0.4, -0.2) is 30.0 Å². The molecule has 74 valence electrons. The van der Waals surface area contributed by atoms with Gasteiger partial charge in [-0.3, -0.25) is 4.79 Å². The first-order valence-corrected chi connectivity index (χ1v) is 4.22. The Hall–Kier alpha value is -1.77. The van der Waals surface area contributed by atoms with E-state index in [1.54, 1.807) is 38.4 Å². The largest absolute Gasteiger partial charge is 0.508 e. The molecule has 0 fully saturated rings. The number of carbonyl (C=O) groups excluding carboxylic acids is 1. The molecule has 1 N–H and O–H groups in total. The summed E-state index contributed by atoms with van der Waals surface area (Å²) in [5.74, 6) is -0.0473. The SMILES string of the molecule is C=C(O)c1ccc(C(=O)N(C)C)cc1. The standard InChI is InChI=1S/C11H13NO2/c1-8(13)9-4-6-10(7-5-9)11(14)12(2)3/h4-7,13H,1H2,2-3H3. The number of hydrogen-bond acceptors (Lipinski definition) is 2. The van der Waals surface area contributed by atoms with Gasteiger partial charge in [0.1, 0.15) is 5.76 Å². The van der Waals surface area contributed by atoms with Crippen molar-refractivity contribution in [1.82, 2.24) is 4.90 Å². The summed E-state index contributed by atoms with van der Waals surface area (Å²) in [6.07, 6.45) is 0. The van der Waals surface area contributed by atoms with E-state index in [0.717, 1.165) is 0 Å². The third-order valence-corrected chi connectivity index (χ3v) is 1.87. The van der Waals surface area contributed by atoms with Crippen LogP contribution in [0.15, 0.2) is 30.8 Å². The molecule has 0 aliphatic rings. The van der Waals surface area contributed by atoms with Gasteiger partial charge in [-0.1, -0.05) is 18.7 Å². The Balaban J connectivity index is 2.94. The van der Waals surface area contributed by atoms with Crippen LogP contribution >= 0.6 is 0 Å². The summed E-state index contributed by atoms with van der Waals surface area (Å²) in [5, 5.41) is 9.07. The van der Waals surface area contributed by atoms with E-state index in [-0.39, 0.29) is 11.7 Å². The minimum absolute atomic E-state index is 0.00820. The number of nitrogens with zero attached hydrogens (tertiary/aromatic N) is 1. The molecule has 0 aliphatic heterocycles. The molecule has 0 aliphatic carbocycles. The summed E-state index contributed by atoms with van der Waals surface area (Å²) in [4.78, 5) is 13.0. The van der Waals surface area contributed by atoms with Gasteiger partial charge in [-0.25, -0.2) is 0 Å². The van der Waals surface area contributed by atoms with Crippen LogP contribution in [0.1, 0.15) is 15.9 Å². The first kappa shape index (κ1) is 10.3. The molecular weight excluding hydrogens is 178 g/mol. The van der Waals surface area contributed by atoms with Crippen molar-refractivity contribution in [1.29, 1.82) is 0 Å². The highest BCUT2D eigenvalue weighted by Gasteiger charge is 2.07. The average Bonchev–Trinajstić information content (AvgIpc) is 2.16. The zero-order valence-electron chi connectivity index (χ0n) is 8.32. The summed E-state index contributed by atoms with van der Waals surface area (Å²) in [6.45, 7) is 3.40. The molecule has 1 rings (SSSR count). The van der Waals surface area contributed by atoms with Gasteiger partial charge in [0.15, 0.2) is 0 Å². The molecule has 0 saturated heterocycles. The fourth-order valence-electron chi connectivity index (χ4n) is 1.06. The monoisotopic (exact) mass is 191 g/mol. The third kappa shape index (κ3) is 2.13. The Morgan fingerprint density at radius 2 is 1.64 bits per heavy atom. The average molecular weight is 191 g/mol. The van der Waals surface area contributed by atoms with Crippen LogP contribution in [0.5, 0.6) is 0 Å². The minimum Gasteiger partial charge on any atom is -0.508 e. The molecule has 0 heterocycles. The Labute approximate surface area is 83.3 Å². The molecule has 0 unspecified atom stereocenters. The number of aliphatic hydroxyl groups excluding tert-OH is 1. The predicted molar refractivity (Wildman–Crippen MR) is 56.1 cm³/mol. The van der Waals surface area contributed by atoms with Crippen LogP contribution in [0.3, 0.4) is 0 Å². The van der Waals surface area contributed by atoms with Gasteiger partial charge in [-0.15, -0.1) is 0 Å². The fraction of sp³-hybridized carbons (Fsp3) is 0.182. The molecule has 3 heteroatoms. The van der Waals surface area contributed by atoms with Crippen molar-refractivity contribution in [2.24, 2.45) is 0 Å². The Bertz CT molecular complexity index is 352. The molecule has 3 nitrogen and oxygen atoms in total. The van der Waals surface area contributed by atoms with E-state index < -0.39 is 0 Å². The summed E-state index contributed by atoms with van der Waals surface area (Å²) < 4.78 is 0. The lowest BCUT2D eigenvalue weighted by Crippen LogP contribution is -2.21. The zero-order valence-corrected chi connectivity index (χ0v) is 8.32.